The predicted octanol–water partition coefficient (Wildman–Crippen LogP) is 2.38. The lowest BCUT2D eigenvalue weighted by atomic mass is 10.2. The Kier molecular flexibility index (Phi) is 2.18. The molecule has 1 aromatic heterocycles. The Morgan fingerprint density at radius 1 is 1.60 bits per heavy atom. The summed E-state index contributed by atoms with van der Waals surface area (Å²) in [5.41, 5.74) is -0.0406. The van der Waals surface area contributed by atoms with Crippen molar-refractivity contribution in [2.75, 3.05) is 0 Å². The second kappa shape index (κ2) is 3.27. The first-order valence-corrected chi connectivity index (χ1v) is 4.76. The molecule has 7 heteroatoms. The van der Waals surface area contributed by atoms with Crippen molar-refractivity contribution in [2.24, 2.45) is 7.05 Å². The zero-order valence-corrected chi connectivity index (χ0v) is 9.15. The summed E-state index contributed by atoms with van der Waals surface area (Å²) >= 11 is 3.15. The van der Waals surface area contributed by atoms with Crippen molar-refractivity contribution in [3.63, 3.8) is 0 Å². The lowest BCUT2D eigenvalue weighted by Gasteiger charge is -1.96. The van der Waals surface area contributed by atoms with Gasteiger partial charge in [0.2, 0.25) is 5.82 Å². The quantitative estimate of drug-likeness (QED) is 0.592. The lowest BCUT2D eigenvalue weighted by molar-refractivity contribution is -0.387. The van der Waals surface area contributed by atoms with Crippen LogP contribution in [-0.2, 0) is 7.05 Å². The molecule has 5 nitrogen and oxygen atoms in total. The van der Waals surface area contributed by atoms with Crippen molar-refractivity contribution in [2.45, 2.75) is 0 Å². The van der Waals surface area contributed by atoms with Crippen LogP contribution in [0.3, 0.4) is 0 Å². The Bertz CT molecular complexity index is 567. The van der Waals surface area contributed by atoms with Crippen molar-refractivity contribution in [3.05, 3.63) is 32.7 Å². The number of aryl methyl sites for hydroxylation is 1. The monoisotopic (exact) mass is 273 g/mol. The molecule has 78 valence electrons. The van der Waals surface area contributed by atoms with Gasteiger partial charge in [-0.3, -0.25) is 14.8 Å². The fourth-order valence-corrected chi connectivity index (χ4v) is 1.92. The van der Waals surface area contributed by atoms with Crippen molar-refractivity contribution < 1.29 is 9.31 Å². The summed E-state index contributed by atoms with van der Waals surface area (Å²) in [6.07, 6.45) is 0. The summed E-state index contributed by atoms with van der Waals surface area (Å²) in [6.45, 7) is 0. The molecule has 0 saturated heterocycles. The maximum absolute atomic E-state index is 13.3. The van der Waals surface area contributed by atoms with E-state index in [0.717, 1.165) is 6.07 Å². The van der Waals surface area contributed by atoms with E-state index in [2.05, 4.69) is 21.0 Å². The molecular weight excluding hydrogens is 269 g/mol. The Morgan fingerprint density at radius 2 is 2.27 bits per heavy atom. The van der Waals surface area contributed by atoms with Gasteiger partial charge >= 0.3 is 5.69 Å². The van der Waals surface area contributed by atoms with Gasteiger partial charge in [-0.15, -0.1) is 0 Å². The second-order valence-corrected chi connectivity index (χ2v) is 3.74. The maximum Gasteiger partial charge on any atom is 0.305 e. The number of rotatable bonds is 1. The highest BCUT2D eigenvalue weighted by atomic mass is 79.9. The van der Waals surface area contributed by atoms with Crippen LogP contribution in [0.15, 0.2) is 16.7 Å². The van der Waals surface area contributed by atoms with Gasteiger partial charge in [-0.05, 0) is 15.9 Å². The van der Waals surface area contributed by atoms with Gasteiger partial charge in [-0.1, -0.05) is 0 Å². The molecule has 0 radical (unpaired) electrons. The molecule has 0 atom stereocenters. The molecule has 0 bridgehead atoms. The summed E-state index contributed by atoms with van der Waals surface area (Å²) in [5, 5.41) is 15.0. The Morgan fingerprint density at radius 3 is 2.87 bits per heavy atom. The SMILES string of the molecule is Cn1nc(Br)c2cc([N+](=O)[O-])c(F)cc21. The molecule has 0 amide bonds. The minimum absolute atomic E-state index is 0.461. The molecule has 0 saturated carbocycles. The predicted molar refractivity (Wildman–Crippen MR) is 55.0 cm³/mol. The van der Waals surface area contributed by atoms with E-state index in [9.17, 15) is 14.5 Å². The van der Waals surface area contributed by atoms with E-state index in [1.807, 2.05) is 0 Å². The highest BCUT2D eigenvalue weighted by molar-refractivity contribution is 9.10. The molecule has 2 rings (SSSR count). The minimum Gasteiger partial charge on any atom is -0.267 e. The molecule has 0 aliphatic rings. The molecule has 0 aliphatic carbocycles. The van der Waals surface area contributed by atoms with E-state index in [0.29, 0.717) is 15.5 Å². The Balaban J connectivity index is 2.85. The second-order valence-electron chi connectivity index (χ2n) is 2.99. The van der Waals surface area contributed by atoms with Crippen LogP contribution in [0, 0.1) is 15.9 Å². The van der Waals surface area contributed by atoms with Crippen LogP contribution in [0.2, 0.25) is 0 Å². The zero-order valence-electron chi connectivity index (χ0n) is 7.57. The first kappa shape index (κ1) is 10.0. The maximum atomic E-state index is 13.3. The van der Waals surface area contributed by atoms with Crippen LogP contribution in [0.4, 0.5) is 10.1 Å². The smallest absolute Gasteiger partial charge is 0.267 e. The van der Waals surface area contributed by atoms with E-state index in [-0.39, 0.29) is 0 Å². The molecule has 0 spiro atoms. The summed E-state index contributed by atoms with van der Waals surface area (Å²) in [6, 6.07) is 2.27. The van der Waals surface area contributed by atoms with Crippen molar-refractivity contribution in [1.82, 2.24) is 9.78 Å². The summed E-state index contributed by atoms with van der Waals surface area (Å²) in [7, 11) is 1.64. The normalized spacial score (nSPS) is 10.9. The standard InChI is InChI=1S/C8H5BrFN3O2/c1-12-6-3-5(10)7(13(14)15)2-4(6)8(9)11-12/h2-3H,1H3. The zero-order chi connectivity index (χ0) is 11.2. The molecule has 0 aliphatic heterocycles. The van der Waals surface area contributed by atoms with Gasteiger partial charge in [0.15, 0.2) is 0 Å². The number of nitro benzene ring substituents is 1. The first-order valence-electron chi connectivity index (χ1n) is 3.97. The number of benzene rings is 1. The Hall–Kier alpha value is -1.50. The van der Waals surface area contributed by atoms with Gasteiger partial charge in [-0.25, -0.2) is 0 Å². The number of halogens is 2. The van der Waals surface area contributed by atoms with E-state index < -0.39 is 16.4 Å². The number of nitro groups is 1. The van der Waals surface area contributed by atoms with Crippen LogP contribution in [0.25, 0.3) is 10.9 Å². The van der Waals surface area contributed by atoms with Crippen molar-refractivity contribution in [3.8, 4) is 0 Å². The molecule has 0 unspecified atom stereocenters. The first-order chi connectivity index (χ1) is 7.00. The van der Waals surface area contributed by atoms with Gasteiger partial charge in [0.25, 0.3) is 0 Å². The number of hydrogen-bond acceptors (Lipinski definition) is 3. The fraction of sp³-hybridized carbons (Fsp3) is 0.125. The van der Waals surface area contributed by atoms with Crippen molar-refractivity contribution >= 4 is 32.5 Å². The third-order valence-corrected chi connectivity index (χ3v) is 2.66. The molecular formula is C8H5BrFN3O2. The topological polar surface area (TPSA) is 61.0 Å². The van der Waals surface area contributed by atoms with Crippen LogP contribution >= 0.6 is 15.9 Å². The molecule has 0 N–H and O–H groups in total. The van der Waals surface area contributed by atoms with Crippen LogP contribution in [0.5, 0.6) is 0 Å². The largest absolute Gasteiger partial charge is 0.305 e. The van der Waals surface area contributed by atoms with Crippen LogP contribution < -0.4 is 0 Å². The van der Waals surface area contributed by atoms with Gasteiger partial charge in [0, 0.05) is 24.6 Å². The third kappa shape index (κ3) is 1.48. The van der Waals surface area contributed by atoms with Crippen LogP contribution in [0.1, 0.15) is 0 Å². The number of fused-ring (bicyclic) bond motifs is 1. The molecule has 1 heterocycles. The number of hydrogen-bond donors (Lipinski definition) is 0. The van der Waals surface area contributed by atoms with Crippen molar-refractivity contribution in [1.29, 1.82) is 0 Å². The van der Waals surface area contributed by atoms with E-state index >= 15 is 0 Å². The summed E-state index contributed by atoms with van der Waals surface area (Å²) in [5.74, 6) is -0.858. The molecule has 1 aromatic carbocycles. The van der Waals surface area contributed by atoms with Gasteiger partial charge < -0.3 is 0 Å². The third-order valence-electron chi connectivity index (χ3n) is 2.07. The molecule has 2 aromatic rings. The number of aromatic nitrogens is 2. The Labute approximate surface area is 91.8 Å². The number of nitrogens with zero attached hydrogens (tertiary/aromatic N) is 3. The van der Waals surface area contributed by atoms with Crippen LogP contribution in [-0.4, -0.2) is 14.7 Å². The van der Waals surface area contributed by atoms with Gasteiger partial charge in [-0.2, -0.15) is 9.49 Å². The van der Waals surface area contributed by atoms with E-state index in [1.54, 1.807) is 7.05 Å². The molecule has 15 heavy (non-hydrogen) atoms. The highest BCUT2D eigenvalue weighted by Crippen LogP contribution is 2.29. The molecule has 0 fully saturated rings. The van der Waals surface area contributed by atoms with Gasteiger partial charge in [0.05, 0.1) is 10.4 Å². The summed E-state index contributed by atoms with van der Waals surface area (Å²) in [4.78, 5) is 9.75. The minimum atomic E-state index is -0.858. The highest BCUT2D eigenvalue weighted by Gasteiger charge is 2.18. The van der Waals surface area contributed by atoms with E-state index in [4.69, 9.17) is 0 Å². The summed E-state index contributed by atoms with van der Waals surface area (Å²) < 4.78 is 15.2. The van der Waals surface area contributed by atoms with Gasteiger partial charge in [0.1, 0.15) is 4.60 Å². The average molecular weight is 274 g/mol. The fourth-order valence-electron chi connectivity index (χ4n) is 1.36. The lowest BCUT2D eigenvalue weighted by Crippen LogP contribution is -1.94. The van der Waals surface area contributed by atoms with E-state index in [1.165, 1.54) is 10.7 Å². The average Bonchev–Trinajstić information content (AvgIpc) is 2.41.